The van der Waals surface area contributed by atoms with Crippen molar-refractivity contribution in [1.29, 1.82) is 0 Å². The molecule has 0 amide bonds. The second-order valence-corrected chi connectivity index (χ2v) is 10.2. The van der Waals surface area contributed by atoms with Crippen LogP contribution in [0.3, 0.4) is 0 Å². The highest BCUT2D eigenvalue weighted by molar-refractivity contribution is 5.96. The number of likely N-dealkylation sites (tertiary alicyclic amines) is 1. The third kappa shape index (κ3) is 4.86. The van der Waals surface area contributed by atoms with Crippen LogP contribution in [-0.2, 0) is 13.0 Å². The molecule has 0 saturated carbocycles. The van der Waals surface area contributed by atoms with Crippen LogP contribution in [0.2, 0.25) is 0 Å². The van der Waals surface area contributed by atoms with Gasteiger partial charge in [-0.25, -0.2) is 0 Å². The van der Waals surface area contributed by atoms with Gasteiger partial charge in [0, 0.05) is 36.6 Å². The quantitative estimate of drug-likeness (QED) is 0.429. The molecule has 182 valence electrons. The van der Waals surface area contributed by atoms with Crippen LogP contribution >= 0.6 is 0 Å². The van der Waals surface area contributed by atoms with Crippen molar-refractivity contribution in [3.8, 4) is 18.4 Å². The first-order valence-corrected chi connectivity index (χ1v) is 13.0. The van der Waals surface area contributed by atoms with Gasteiger partial charge in [-0.2, -0.15) is 9.97 Å². The number of hydrogen-bond donors (Lipinski definition) is 0. The number of terminal acetylenes is 1. The molecule has 0 N–H and O–H groups in total. The molecule has 35 heavy (non-hydrogen) atoms. The standard InChI is InChI=1S/C30H36N4O/c1-5-6-16-33-17-9-13-24(33)20-35-30-31-26-19-34(18-15-25(26)29(32-30)21(2)3)27-14-8-12-23-11-7-10-22(4)28(23)27/h1,7-8,10-12,14,21,24H,6,9,13,15-20H2,2-4H3/t24-/m0/s1. The van der Waals surface area contributed by atoms with Crippen molar-refractivity contribution >= 4 is 16.5 Å². The van der Waals surface area contributed by atoms with E-state index in [1.807, 2.05) is 0 Å². The lowest BCUT2D eigenvalue weighted by Crippen LogP contribution is -2.35. The molecule has 3 heterocycles. The summed E-state index contributed by atoms with van der Waals surface area (Å²) in [6, 6.07) is 14.0. The Balaban J connectivity index is 1.40. The van der Waals surface area contributed by atoms with E-state index in [1.54, 1.807) is 0 Å². The van der Waals surface area contributed by atoms with E-state index >= 15 is 0 Å². The molecule has 2 aromatic carbocycles. The summed E-state index contributed by atoms with van der Waals surface area (Å²) in [6.07, 6.45) is 9.56. The Morgan fingerprint density at radius 1 is 1.14 bits per heavy atom. The average molecular weight is 469 g/mol. The minimum Gasteiger partial charge on any atom is -0.462 e. The number of anilines is 1. The van der Waals surface area contributed by atoms with Gasteiger partial charge < -0.3 is 9.64 Å². The third-order valence-corrected chi connectivity index (χ3v) is 7.50. The van der Waals surface area contributed by atoms with E-state index in [2.05, 4.69) is 72.9 Å². The lowest BCUT2D eigenvalue weighted by Gasteiger charge is -2.33. The number of ether oxygens (including phenoxy) is 1. The lowest BCUT2D eigenvalue weighted by molar-refractivity contribution is 0.166. The Kier molecular flexibility index (Phi) is 6.92. The number of aryl methyl sites for hydroxylation is 1. The summed E-state index contributed by atoms with van der Waals surface area (Å²) in [5.41, 5.74) is 6.13. The number of hydrogen-bond acceptors (Lipinski definition) is 5. The minimum atomic E-state index is 0.332. The molecule has 5 heteroatoms. The Labute approximate surface area is 209 Å². The summed E-state index contributed by atoms with van der Waals surface area (Å²) in [7, 11) is 0. The molecule has 1 fully saturated rings. The fraction of sp³-hybridized carbons (Fsp3) is 0.467. The Hall–Kier alpha value is -3.10. The normalized spacial score (nSPS) is 18.1. The molecule has 1 saturated heterocycles. The Bertz CT molecular complexity index is 1240. The van der Waals surface area contributed by atoms with E-state index in [9.17, 15) is 0 Å². The number of aromatic nitrogens is 2. The smallest absolute Gasteiger partial charge is 0.316 e. The summed E-state index contributed by atoms with van der Waals surface area (Å²) in [5.74, 6) is 3.10. The van der Waals surface area contributed by atoms with Crippen molar-refractivity contribution in [3.63, 3.8) is 0 Å². The molecule has 2 aliphatic rings. The molecule has 0 radical (unpaired) electrons. The van der Waals surface area contributed by atoms with E-state index in [1.165, 1.54) is 34.0 Å². The molecule has 1 atom stereocenters. The number of rotatable bonds is 7. The van der Waals surface area contributed by atoms with Crippen LogP contribution in [0.1, 0.15) is 61.5 Å². The van der Waals surface area contributed by atoms with Gasteiger partial charge >= 0.3 is 6.01 Å². The van der Waals surface area contributed by atoms with Gasteiger partial charge in [0.15, 0.2) is 0 Å². The molecular weight excluding hydrogens is 432 g/mol. The molecule has 5 rings (SSSR count). The molecule has 0 aliphatic carbocycles. The molecule has 0 unspecified atom stereocenters. The fourth-order valence-electron chi connectivity index (χ4n) is 5.71. The van der Waals surface area contributed by atoms with Crippen LogP contribution < -0.4 is 9.64 Å². The molecule has 0 spiro atoms. The van der Waals surface area contributed by atoms with Gasteiger partial charge in [0.25, 0.3) is 0 Å². The van der Waals surface area contributed by atoms with Crippen molar-refractivity contribution in [3.05, 3.63) is 58.9 Å². The van der Waals surface area contributed by atoms with Crippen molar-refractivity contribution < 1.29 is 4.74 Å². The Morgan fingerprint density at radius 2 is 1.97 bits per heavy atom. The van der Waals surface area contributed by atoms with Crippen molar-refractivity contribution in [2.45, 2.75) is 65.0 Å². The van der Waals surface area contributed by atoms with Gasteiger partial charge in [-0.1, -0.05) is 44.2 Å². The molecule has 0 bridgehead atoms. The predicted octanol–water partition coefficient (Wildman–Crippen LogP) is 5.49. The highest BCUT2D eigenvalue weighted by Gasteiger charge is 2.27. The number of benzene rings is 2. The van der Waals surface area contributed by atoms with Crippen LogP contribution in [0.4, 0.5) is 5.69 Å². The summed E-state index contributed by atoms with van der Waals surface area (Å²) in [6.45, 7) is 11.0. The van der Waals surface area contributed by atoms with E-state index in [0.717, 1.165) is 56.8 Å². The number of nitrogens with zero attached hydrogens (tertiary/aromatic N) is 4. The fourth-order valence-corrected chi connectivity index (χ4v) is 5.71. The van der Waals surface area contributed by atoms with Crippen molar-refractivity contribution in [2.75, 3.05) is 31.1 Å². The van der Waals surface area contributed by atoms with Crippen LogP contribution in [0.5, 0.6) is 6.01 Å². The zero-order valence-corrected chi connectivity index (χ0v) is 21.3. The van der Waals surface area contributed by atoms with Crippen LogP contribution in [0, 0.1) is 19.3 Å². The highest BCUT2D eigenvalue weighted by Crippen LogP contribution is 2.34. The lowest BCUT2D eigenvalue weighted by atomic mass is 9.95. The van der Waals surface area contributed by atoms with E-state index in [0.29, 0.717) is 24.6 Å². The highest BCUT2D eigenvalue weighted by atomic mass is 16.5. The van der Waals surface area contributed by atoms with Crippen molar-refractivity contribution in [1.82, 2.24) is 14.9 Å². The predicted molar refractivity (Wildman–Crippen MR) is 143 cm³/mol. The van der Waals surface area contributed by atoms with Gasteiger partial charge in [0.2, 0.25) is 0 Å². The first-order chi connectivity index (χ1) is 17.0. The third-order valence-electron chi connectivity index (χ3n) is 7.50. The van der Waals surface area contributed by atoms with Crippen LogP contribution in [0.25, 0.3) is 10.8 Å². The SMILES string of the molecule is C#CCCN1CCC[C@H]1COc1nc2c(c(C(C)C)n1)CCN(c1cccc3cccc(C)c13)C2. The van der Waals surface area contributed by atoms with E-state index < -0.39 is 0 Å². The second kappa shape index (κ2) is 10.3. The second-order valence-electron chi connectivity index (χ2n) is 10.2. The molecule has 5 nitrogen and oxygen atoms in total. The summed E-state index contributed by atoms with van der Waals surface area (Å²) >= 11 is 0. The largest absolute Gasteiger partial charge is 0.462 e. The first-order valence-electron chi connectivity index (χ1n) is 13.0. The maximum absolute atomic E-state index is 6.25. The summed E-state index contributed by atoms with van der Waals surface area (Å²) in [4.78, 5) is 14.8. The zero-order chi connectivity index (χ0) is 24.4. The summed E-state index contributed by atoms with van der Waals surface area (Å²) < 4.78 is 6.25. The average Bonchev–Trinajstić information content (AvgIpc) is 3.32. The molecule has 3 aromatic rings. The zero-order valence-electron chi connectivity index (χ0n) is 21.3. The van der Waals surface area contributed by atoms with Gasteiger partial charge in [-0.3, -0.25) is 4.90 Å². The molecule has 2 aliphatic heterocycles. The molecule has 1 aromatic heterocycles. The van der Waals surface area contributed by atoms with E-state index in [4.69, 9.17) is 21.1 Å². The first kappa shape index (κ1) is 23.6. The maximum Gasteiger partial charge on any atom is 0.316 e. The van der Waals surface area contributed by atoms with Gasteiger partial charge in [-0.05, 0) is 61.2 Å². The summed E-state index contributed by atoms with van der Waals surface area (Å²) in [5, 5.41) is 2.62. The van der Waals surface area contributed by atoms with Crippen LogP contribution in [0.15, 0.2) is 36.4 Å². The van der Waals surface area contributed by atoms with Crippen molar-refractivity contribution in [2.24, 2.45) is 0 Å². The van der Waals surface area contributed by atoms with E-state index in [-0.39, 0.29) is 0 Å². The van der Waals surface area contributed by atoms with Gasteiger partial charge in [-0.15, -0.1) is 12.3 Å². The van der Waals surface area contributed by atoms with Crippen LogP contribution in [-0.4, -0.2) is 47.2 Å². The topological polar surface area (TPSA) is 41.5 Å². The van der Waals surface area contributed by atoms with Gasteiger partial charge in [0.1, 0.15) is 6.61 Å². The minimum absolute atomic E-state index is 0.332. The molecular formula is C30H36N4O. The van der Waals surface area contributed by atoms with Gasteiger partial charge in [0.05, 0.1) is 17.9 Å². The maximum atomic E-state index is 6.25. The Morgan fingerprint density at radius 3 is 2.77 bits per heavy atom. The number of fused-ring (bicyclic) bond motifs is 2. The monoisotopic (exact) mass is 468 g/mol.